The van der Waals surface area contributed by atoms with E-state index < -0.39 is 0 Å². The van der Waals surface area contributed by atoms with Crippen LogP contribution in [-0.2, 0) is 6.42 Å². The molecular formula is C16H18BrNO. The normalized spacial score (nSPS) is 12.2. The van der Waals surface area contributed by atoms with Gasteiger partial charge in [-0.05, 0) is 54.3 Å². The largest absolute Gasteiger partial charge is 0.497 e. The van der Waals surface area contributed by atoms with E-state index in [0.29, 0.717) is 0 Å². The molecular weight excluding hydrogens is 302 g/mol. The quantitative estimate of drug-likeness (QED) is 0.924. The van der Waals surface area contributed by atoms with Gasteiger partial charge in [-0.25, -0.2) is 0 Å². The summed E-state index contributed by atoms with van der Waals surface area (Å²) in [5.41, 5.74) is 9.88. The van der Waals surface area contributed by atoms with Gasteiger partial charge in [0, 0.05) is 10.5 Å². The summed E-state index contributed by atoms with van der Waals surface area (Å²) in [6.45, 7) is 2.07. The molecule has 0 aliphatic rings. The number of benzene rings is 2. The number of hydrogen-bond donors (Lipinski definition) is 1. The number of nitrogens with two attached hydrogens (primary N) is 1. The van der Waals surface area contributed by atoms with Crippen LogP contribution in [-0.4, -0.2) is 7.11 Å². The highest BCUT2D eigenvalue weighted by Crippen LogP contribution is 2.24. The maximum absolute atomic E-state index is 6.31. The molecule has 0 saturated carbocycles. The Balaban J connectivity index is 2.18. The van der Waals surface area contributed by atoms with E-state index >= 15 is 0 Å². The van der Waals surface area contributed by atoms with E-state index in [4.69, 9.17) is 10.5 Å². The van der Waals surface area contributed by atoms with E-state index in [9.17, 15) is 0 Å². The fraction of sp³-hybridized carbons (Fsp3) is 0.250. The average Bonchev–Trinajstić information content (AvgIpc) is 2.38. The highest BCUT2D eigenvalue weighted by molar-refractivity contribution is 9.10. The first kappa shape index (κ1) is 14.1. The summed E-state index contributed by atoms with van der Waals surface area (Å²) in [4.78, 5) is 0. The minimum Gasteiger partial charge on any atom is -0.497 e. The maximum Gasteiger partial charge on any atom is 0.119 e. The lowest BCUT2D eigenvalue weighted by Crippen LogP contribution is -2.14. The van der Waals surface area contributed by atoms with Gasteiger partial charge in [0.1, 0.15) is 5.75 Å². The number of aryl methyl sites for hydroxylation is 1. The Bertz CT molecular complexity index is 568. The number of ether oxygens (including phenoxy) is 1. The van der Waals surface area contributed by atoms with Crippen LogP contribution in [0, 0.1) is 6.92 Å². The third kappa shape index (κ3) is 3.58. The molecule has 1 atom stereocenters. The molecule has 2 nitrogen and oxygen atoms in total. The molecule has 2 aromatic rings. The average molecular weight is 320 g/mol. The SMILES string of the molecule is COc1ccc(C(N)Cc2cccc(Br)c2)c(C)c1. The lowest BCUT2D eigenvalue weighted by Gasteiger charge is -2.16. The molecule has 0 aliphatic heterocycles. The molecule has 19 heavy (non-hydrogen) atoms. The number of halogens is 1. The van der Waals surface area contributed by atoms with Crippen LogP contribution in [0.5, 0.6) is 5.75 Å². The highest BCUT2D eigenvalue weighted by atomic mass is 79.9. The van der Waals surface area contributed by atoms with Gasteiger partial charge in [0.25, 0.3) is 0 Å². The fourth-order valence-electron chi connectivity index (χ4n) is 2.22. The smallest absolute Gasteiger partial charge is 0.119 e. The molecule has 2 rings (SSSR count). The van der Waals surface area contributed by atoms with Gasteiger partial charge in [-0.1, -0.05) is 34.1 Å². The molecule has 0 bridgehead atoms. The molecule has 1 unspecified atom stereocenters. The second-order valence-corrected chi connectivity index (χ2v) is 5.58. The van der Waals surface area contributed by atoms with E-state index in [1.165, 1.54) is 16.7 Å². The first-order chi connectivity index (χ1) is 9.10. The molecule has 100 valence electrons. The third-order valence-corrected chi connectivity index (χ3v) is 3.71. The first-order valence-corrected chi connectivity index (χ1v) is 7.04. The Labute approximate surface area is 122 Å². The van der Waals surface area contributed by atoms with Crippen molar-refractivity contribution >= 4 is 15.9 Å². The topological polar surface area (TPSA) is 35.2 Å². The number of hydrogen-bond acceptors (Lipinski definition) is 2. The standard InChI is InChI=1S/C16H18BrNO/c1-11-8-14(19-2)6-7-15(11)16(18)10-12-4-3-5-13(17)9-12/h3-9,16H,10,18H2,1-2H3. The summed E-state index contributed by atoms with van der Waals surface area (Å²) in [6, 6.07) is 14.3. The summed E-state index contributed by atoms with van der Waals surface area (Å²) in [6.07, 6.45) is 0.826. The van der Waals surface area contributed by atoms with Crippen molar-refractivity contribution < 1.29 is 4.74 Å². The van der Waals surface area contributed by atoms with Crippen molar-refractivity contribution in [2.75, 3.05) is 7.11 Å². The van der Waals surface area contributed by atoms with Crippen LogP contribution >= 0.6 is 15.9 Å². The van der Waals surface area contributed by atoms with Gasteiger partial charge < -0.3 is 10.5 Å². The molecule has 2 aromatic carbocycles. The van der Waals surface area contributed by atoms with Gasteiger partial charge in [-0.15, -0.1) is 0 Å². The monoisotopic (exact) mass is 319 g/mol. The molecule has 0 aliphatic carbocycles. The summed E-state index contributed by atoms with van der Waals surface area (Å²) in [5.74, 6) is 0.871. The number of methoxy groups -OCH3 is 1. The molecule has 0 radical (unpaired) electrons. The Morgan fingerprint density at radius 3 is 2.63 bits per heavy atom. The van der Waals surface area contributed by atoms with E-state index in [1.807, 2.05) is 24.3 Å². The van der Waals surface area contributed by atoms with Crippen molar-refractivity contribution in [1.29, 1.82) is 0 Å². The summed E-state index contributed by atoms with van der Waals surface area (Å²) >= 11 is 3.48. The van der Waals surface area contributed by atoms with Crippen LogP contribution in [0.4, 0.5) is 0 Å². The van der Waals surface area contributed by atoms with Crippen LogP contribution in [0.1, 0.15) is 22.7 Å². The Kier molecular flexibility index (Phi) is 4.61. The third-order valence-electron chi connectivity index (χ3n) is 3.22. The van der Waals surface area contributed by atoms with Crippen LogP contribution in [0.3, 0.4) is 0 Å². The molecule has 3 heteroatoms. The Morgan fingerprint density at radius 2 is 2.00 bits per heavy atom. The second-order valence-electron chi connectivity index (χ2n) is 4.66. The lowest BCUT2D eigenvalue weighted by molar-refractivity contribution is 0.414. The van der Waals surface area contributed by atoms with E-state index in [0.717, 1.165) is 16.6 Å². The highest BCUT2D eigenvalue weighted by Gasteiger charge is 2.10. The van der Waals surface area contributed by atoms with Crippen molar-refractivity contribution in [3.05, 3.63) is 63.6 Å². The van der Waals surface area contributed by atoms with Crippen LogP contribution in [0.25, 0.3) is 0 Å². The predicted molar refractivity (Wildman–Crippen MR) is 82.5 cm³/mol. The van der Waals surface area contributed by atoms with Gasteiger partial charge in [-0.3, -0.25) is 0 Å². The van der Waals surface area contributed by atoms with Crippen LogP contribution in [0.2, 0.25) is 0 Å². The predicted octanol–water partition coefficient (Wildman–Crippen LogP) is 4.01. The molecule has 0 saturated heterocycles. The Hall–Kier alpha value is -1.32. The molecule has 0 fully saturated rings. The summed E-state index contributed by atoms with van der Waals surface area (Å²) in [7, 11) is 1.68. The molecule has 0 heterocycles. The van der Waals surface area contributed by atoms with Crippen molar-refractivity contribution in [1.82, 2.24) is 0 Å². The van der Waals surface area contributed by atoms with E-state index in [1.54, 1.807) is 7.11 Å². The van der Waals surface area contributed by atoms with Gasteiger partial charge in [0.15, 0.2) is 0 Å². The zero-order valence-electron chi connectivity index (χ0n) is 11.2. The fourth-order valence-corrected chi connectivity index (χ4v) is 2.67. The second kappa shape index (κ2) is 6.22. The molecule has 0 amide bonds. The first-order valence-electron chi connectivity index (χ1n) is 6.24. The molecule has 2 N–H and O–H groups in total. The molecule has 0 aromatic heterocycles. The van der Waals surface area contributed by atoms with Crippen LogP contribution in [0.15, 0.2) is 46.9 Å². The van der Waals surface area contributed by atoms with Gasteiger partial charge in [-0.2, -0.15) is 0 Å². The van der Waals surface area contributed by atoms with Crippen molar-refractivity contribution in [3.63, 3.8) is 0 Å². The zero-order valence-corrected chi connectivity index (χ0v) is 12.8. The number of rotatable bonds is 4. The van der Waals surface area contributed by atoms with Gasteiger partial charge >= 0.3 is 0 Å². The van der Waals surface area contributed by atoms with Crippen molar-refractivity contribution in [2.24, 2.45) is 5.73 Å². The lowest BCUT2D eigenvalue weighted by atomic mass is 9.96. The van der Waals surface area contributed by atoms with Gasteiger partial charge in [0.05, 0.1) is 7.11 Å². The Morgan fingerprint density at radius 1 is 1.21 bits per heavy atom. The van der Waals surface area contributed by atoms with E-state index in [2.05, 4.69) is 41.1 Å². The minimum absolute atomic E-state index is 0.000191. The summed E-state index contributed by atoms with van der Waals surface area (Å²) in [5, 5.41) is 0. The maximum atomic E-state index is 6.31. The van der Waals surface area contributed by atoms with E-state index in [-0.39, 0.29) is 6.04 Å². The zero-order chi connectivity index (χ0) is 13.8. The molecule has 0 spiro atoms. The van der Waals surface area contributed by atoms with Crippen molar-refractivity contribution in [3.8, 4) is 5.75 Å². The van der Waals surface area contributed by atoms with Crippen LogP contribution < -0.4 is 10.5 Å². The summed E-state index contributed by atoms with van der Waals surface area (Å²) < 4.78 is 6.30. The van der Waals surface area contributed by atoms with Crippen molar-refractivity contribution in [2.45, 2.75) is 19.4 Å². The minimum atomic E-state index is 0.000191. The van der Waals surface area contributed by atoms with Gasteiger partial charge in [0.2, 0.25) is 0 Å².